The fourth-order valence-electron chi connectivity index (χ4n) is 2.89. The highest BCUT2D eigenvalue weighted by Gasteiger charge is 2.22. The number of hydrogen-bond acceptors (Lipinski definition) is 3. The summed E-state index contributed by atoms with van der Waals surface area (Å²) in [4.78, 5) is 14.4. The Morgan fingerprint density at radius 1 is 1.08 bits per heavy atom. The SMILES string of the molecule is CCCOc1cccc(OCC(=O)N2CCCc3ccccc32)c1. The summed E-state index contributed by atoms with van der Waals surface area (Å²) in [6.45, 7) is 3.52. The van der Waals surface area contributed by atoms with Crippen LogP contribution in [-0.4, -0.2) is 25.7 Å². The number of carbonyl (C=O) groups is 1. The van der Waals surface area contributed by atoms with Crippen LogP contribution in [0, 0.1) is 0 Å². The molecule has 126 valence electrons. The van der Waals surface area contributed by atoms with Crippen molar-refractivity contribution in [2.24, 2.45) is 0 Å². The molecule has 3 rings (SSSR count). The lowest BCUT2D eigenvalue weighted by molar-refractivity contribution is -0.120. The van der Waals surface area contributed by atoms with Crippen LogP contribution < -0.4 is 14.4 Å². The van der Waals surface area contributed by atoms with Gasteiger partial charge in [-0.25, -0.2) is 0 Å². The second-order valence-electron chi connectivity index (χ2n) is 5.89. The van der Waals surface area contributed by atoms with E-state index in [1.807, 2.05) is 47.4 Å². The average Bonchev–Trinajstić information content (AvgIpc) is 2.64. The maximum atomic E-state index is 12.6. The molecule has 0 atom stereocenters. The smallest absolute Gasteiger partial charge is 0.264 e. The molecule has 0 bridgehead atoms. The molecule has 1 amide bonds. The maximum Gasteiger partial charge on any atom is 0.264 e. The van der Waals surface area contributed by atoms with Crippen LogP contribution in [0.15, 0.2) is 48.5 Å². The number of hydrogen-bond donors (Lipinski definition) is 0. The van der Waals surface area contributed by atoms with Gasteiger partial charge >= 0.3 is 0 Å². The van der Waals surface area contributed by atoms with Crippen molar-refractivity contribution in [2.75, 3.05) is 24.7 Å². The van der Waals surface area contributed by atoms with Gasteiger partial charge in [0, 0.05) is 18.3 Å². The summed E-state index contributed by atoms with van der Waals surface area (Å²) in [7, 11) is 0. The normalized spacial score (nSPS) is 13.3. The quantitative estimate of drug-likeness (QED) is 0.810. The van der Waals surface area contributed by atoms with Gasteiger partial charge in [-0.2, -0.15) is 0 Å². The number of carbonyl (C=O) groups excluding carboxylic acids is 1. The van der Waals surface area contributed by atoms with Gasteiger partial charge < -0.3 is 14.4 Å². The Kier molecular flexibility index (Phi) is 5.36. The third kappa shape index (κ3) is 3.88. The molecule has 0 spiro atoms. The molecule has 0 unspecified atom stereocenters. The number of fused-ring (bicyclic) bond motifs is 1. The first-order valence-electron chi connectivity index (χ1n) is 8.52. The molecule has 1 heterocycles. The summed E-state index contributed by atoms with van der Waals surface area (Å²) < 4.78 is 11.3. The van der Waals surface area contributed by atoms with Gasteiger partial charge in [0.2, 0.25) is 0 Å². The number of ether oxygens (including phenoxy) is 2. The zero-order valence-corrected chi connectivity index (χ0v) is 14.0. The Morgan fingerprint density at radius 2 is 1.88 bits per heavy atom. The number of para-hydroxylation sites is 1. The van der Waals surface area contributed by atoms with Crippen LogP contribution in [0.1, 0.15) is 25.3 Å². The fraction of sp³-hybridized carbons (Fsp3) is 0.350. The first-order chi connectivity index (χ1) is 11.8. The Labute approximate surface area is 143 Å². The van der Waals surface area contributed by atoms with Gasteiger partial charge in [0.25, 0.3) is 5.91 Å². The lowest BCUT2D eigenvalue weighted by Crippen LogP contribution is -2.38. The predicted molar refractivity (Wildman–Crippen MR) is 94.8 cm³/mol. The van der Waals surface area contributed by atoms with Crippen molar-refractivity contribution in [1.29, 1.82) is 0 Å². The minimum absolute atomic E-state index is 0.0120. The molecular formula is C20H23NO3. The summed E-state index contributed by atoms with van der Waals surface area (Å²) >= 11 is 0. The standard InChI is InChI=1S/C20H23NO3/c1-2-13-23-17-9-5-10-18(14-17)24-15-20(22)21-12-6-8-16-7-3-4-11-19(16)21/h3-5,7,9-11,14H,2,6,8,12-13,15H2,1H3. The molecule has 2 aromatic rings. The Morgan fingerprint density at radius 3 is 2.71 bits per heavy atom. The van der Waals surface area contributed by atoms with Gasteiger partial charge in [0.15, 0.2) is 6.61 Å². The minimum Gasteiger partial charge on any atom is -0.493 e. The highest BCUT2D eigenvalue weighted by molar-refractivity contribution is 5.95. The van der Waals surface area contributed by atoms with Crippen LogP contribution in [0.3, 0.4) is 0 Å². The molecule has 24 heavy (non-hydrogen) atoms. The van der Waals surface area contributed by atoms with E-state index in [1.165, 1.54) is 5.56 Å². The van der Waals surface area contributed by atoms with Gasteiger partial charge in [-0.1, -0.05) is 31.2 Å². The van der Waals surface area contributed by atoms with Crippen molar-refractivity contribution < 1.29 is 14.3 Å². The van der Waals surface area contributed by atoms with E-state index in [2.05, 4.69) is 13.0 Å². The van der Waals surface area contributed by atoms with Crippen LogP contribution in [0.2, 0.25) is 0 Å². The van der Waals surface area contributed by atoms with E-state index in [0.29, 0.717) is 12.4 Å². The molecule has 2 aromatic carbocycles. The lowest BCUT2D eigenvalue weighted by atomic mass is 10.0. The molecule has 0 saturated carbocycles. The molecule has 1 aliphatic heterocycles. The zero-order chi connectivity index (χ0) is 16.8. The Balaban J connectivity index is 1.62. The van der Waals surface area contributed by atoms with Crippen molar-refractivity contribution in [1.82, 2.24) is 0 Å². The summed E-state index contributed by atoms with van der Waals surface area (Å²) in [6, 6.07) is 15.5. The van der Waals surface area contributed by atoms with E-state index in [-0.39, 0.29) is 12.5 Å². The number of nitrogens with zero attached hydrogens (tertiary/aromatic N) is 1. The summed E-state index contributed by atoms with van der Waals surface area (Å²) in [6.07, 6.45) is 2.97. The number of amides is 1. The number of benzene rings is 2. The predicted octanol–water partition coefficient (Wildman–Crippen LogP) is 3.83. The second kappa shape index (κ2) is 7.86. The van der Waals surface area contributed by atoms with Crippen LogP contribution in [-0.2, 0) is 11.2 Å². The molecular weight excluding hydrogens is 302 g/mol. The van der Waals surface area contributed by atoms with E-state index < -0.39 is 0 Å². The first kappa shape index (κ1) is 16.4. The molecule has 0 radical (unpaired) electrons. The van der Waals surface area contributed by atoms with Crippen molar-refractivity contribution in [3.05, 3.63) is 54.1 Å². The van der Waals surface area contributed by atoms with Crippen LogP contribution in [0.5, 0.6) is 11.5 Å². The summed E-state index contributed by atoms with van der Waals surface area (Å²) in [5.41, 5.74) is 2.24. The first-order valence-corrected chi connectivity index (χ1v) is 8.52. The molecule has 0 N–H and O–H groups in total. The van der Waals surface area contributed by atoms with E-state index in [1.54, 1.807) is 0 Å². The van der Waals surface area contributed by atoms with Crippen LogP contribution in [0.4, 0.5) is 5.69 Å². The molecule has 0 aliphatic carbocycles. The van der Waals surface area contributed by atoms with E-state index in [0.717, 1.165) is 37.2 Å². The molecule has 0 fully saturated rings. The van der Waals surface area contributed by atoms with Gasteiger partial charge in [-0.15, -0.1) is 0 Å². The summed E-state index contributed by atoms with van der Waals surface area (Å²) in [5, 5.41) is 0. The van der Waals surface area contributed by atoms with Crippen LogP contribution >= 0.6 is 0 Å². The third-order valence-corrected chi connectivity index (χ3v) is 4.05. The summed E-state index contributed by atoms with van der Waals surface area (Å²) in [5.74, 6) is 1.41. The maximum absolute atomic E-state index is 12.6. The average molecular weight is 325 g/mol. The van der Waals surface area contributed by atoms with E-state index in [4.69, 9.17) is 9.47 Å². The Hall–Kier alpha value is -2.49. The van der Waals surface area contributed by atoms with Gasteiger partial charge in [0.1, 0.15) is 11.5 Å². The lowest BCUT2D eigenvalue weighted by Gasteiger charge is -2.29. The minimum atomic E-state index is -0.0120. The molecule has 4 heteroatoms. The van der Waals surface area contributed by atoms with Gasteiger partial charge in [0.05, 0.1) is 6.61 Å². The van der Waals surface area contributed by atoms with Crippen molar-refractivity contribution in [2.45, 2.75) is 26.2 Å². The zero-order valence-electron chi connectivity index (χ0n) is 14.0. The van der Waals surface area contributed by atoms with Gasteiger partial charge in [-0.05, 0) is 43.0 Å². The highest BCUT2D eigenvalue weighted by Crippen LogP contribution is 2.27. The Bertz CT molecular complexity index is 699. The molecule has 0 aromatic heterocycles. The van der Waals surface area contributed by atoms with E-state index >= 15 is 0 Å². The topological polar surface area (TPSA) is 38.8 Å². The number of anilines is 1. The number of aryl methyl sites for hydroxylation is 1. The monoisotopic (exact) mass is 325 g/mol. The van der Waals surface area contributed by atoms with Crippen LogP contribution in [0.25, 0.3) is 0 Å². The van der Waals surface area contributed by atoms with Crippen molar-refractivity contribution in [3.8, 4) is 11.5 Å². The van der Waals surface area contributed by atoms with Crippen molar-refractivity contribution in [3.63, 3.8) is 0 Å². The molecule has 0 saturated heterocycles. The highest BCUT2D eigenvalue weighted by atomic mass is 16.5. The van der Waals surface area contributed by atoms with E-state index in [9.17, 15) is 4.79 Å². The second-order valence-corrected chi connectivity index (χ2v) is 5.89. The number of rotatable bonds is 6. The third-order valence-electron chi connectivity index (χ3n) is 4.05. The molecule has 4 nitrogen and oxygen atoms in total. The fourth-order valence-corrected chi connectivity index (χ4v) is 2.89. The van der Waals surface area contributed by atoms with Gasteiger partial charge in [-0.3, -0.25) is 4.79 Å². The largest absolute Gasteiger partial charge is 0.493 e. The molecule has 1 aliphatic rings. The van der Waals surface area contributed by atoms with Crippen molar-refractivity contribution >= 4 is 11.6 Å².